The van der Waals surface area contributed by atoms with Crippen molar-refractivity contribution >= 4 is 33.3 Å². The molecule has 152 valence electrons. The average Bonchev–Trinajstić information content (AvgIpc) is 2.65. The summed E-state index contributed by atoms with van der Waals surface area (Å²) in [7, 11) is -4.11. The number of benzene rings is 2. The standard InChI is InChI=1S/C18H10Cl2F3NO4S/c19-12-1-3-14(4-2-12)28-29(25,26)15-7-5-13(6-8-15)27-17-16(20)9-11(10-24-17)18(21,22)23/h1-10H. The molecule has 3 aromatic rings. The number of rotatable bonds is 5. The first-order valence-electron chi connectivity index (χ1n) is 7.75. The molecule has 11 heteroatoms. The molecule has 0 radical (unpaired) electrons. The lowest BCUT2D eigenvalue weighted by atomic mass is 10.3. The van der Waals surface area contributed by atoms with E-state index in [1.165, 1.54) is 48.5 Å². The average molecular weight is 464 g/mol. The SMILES string of the molecule is O=S(=O)(Oc1ccc(Cl)cc1)c1ccc(Oc2ncc(C(F)(F)F)cc2Cl)cc1. The normalized spacial score (nSPS) is 11.9. The molecule has 0 atom stereocenters. The van der Waals surface area contributed by atoms with Crippen LogP contribution in [0.5, 0.6) is 17.4 Å². The van der Waals surface area contributed by atoms with Gasteiger partial charge in [-0.25, -0.2) is 4.98 Å². The fourth-order valence-electron chi connectivity index (χ4n) is 2.11. The number of halogens is 5. The third-order valence-corrected chi connectivity index (χ3v) is 5.27. The highest BCUT2D eigenvalue weighted by atomic mass is 35.5. The van der Waals surface area contributed by atoms with E-state index in [2.05, 4.69) is 4.98 Å². The van der Waals surface area contributed by atoms with Crippen molar-refractivity contribution < 1.29 is 30.5 Å². The van der Waals surface area contributed by atoms with Crippen LogP contribution in [-0.2, 0) is 16.3 Å². The molecule has 0 saturated heterocycles. The van der Waals surface area contributed by atoms with Gasteiger partial charge in [0.05, 0.1) is 5.56 Å². The van der Waals surface area contributed by atoms with Gasteiger partial charge in [0.2, 0.25) is 5.88 Å². The zero-order valence-corrected chi connectivity index (χ0v) is 16.5. The third-order valence-electron chi connectivity index (χ3n) is 3.48. The number of aromatic nitrogens is 1. The van der Waals surface area contributed by atoms with Crippen molar-refractivity contribution in [3.05, 3.63) is 76.4 Å². The molecule has 2 aromatic carbocycles. The highest BCUT2D eigenvalue weighted by Gasteiger charge is 2.31. The van der Waals surface area contributed by atoms with Crippen LogP contribution in [0.2, 0.25) is 10.0 Å². The van der Waals surface area contributed by atoms with Crippen molar-refractivity contribution in [3.63, 3.8) is 0 Å². The van der Waals surface area contributed by atoms with Crippen molar-refractivity contribution in [2.24, 2.45) is 0 Å². The first kappa shape index (κ1) is 21.2. The van der Waals surface area contributed by atoms with E-state index in [-0.39, 0.29) is 27.3 Å². The maximum atomic E-state index is 12.6. The van der Waals surface area contributed by atoms with Crippen molar-refractivity contribution in [1.29, 1.82) is 0 Å². The molecule has 29 heavy (non-hydrogen) atoms. The van der Waals surface area contributed by atoms with Gasteiger partial charge in [-0.05, 0) is 54.6 Å². The molecule has 3 rings (SSSR count). The maximum Gasteiger partial charge on any atom is 0.417 e. The maximum absolute atomic E-state index is 12.6. The second kappa shape index (κ2) is 8.10. The van der Waals surface area contributed by atoms with Crippen molar-refractivity contribution in [1.82, 2.24) is 4.98 Å². The van der Waals surface area contributed by atoms with Crippen LogP contribution < -0.4 is 8.92 Å². The quantitative estimate of drug-likeness (QED) is 0.436. The zero-order valence-electron chi connectivity index (χ0n) is 14.2. The minimum Gasteiger partial charge on any atom is -0.438 e. The molecule has 5 nitrogen and oxygen atoms in total. The molecule has 0 bridgehead atoms. The number of alkyl halides is 3. The zero-order chi connectivity index (χ0) is 21.2. The van der Waals surface area contributed by atoms with Crippen LogP contribution in [0, 0.1) is 0 Å². The topological polar surface area (TPSA) is 65.5 Å². The number of pyridine rings is 1. The van der Waals surface area contributed by atoms with Crippen LogP contribution in [0.25, 0.3) is 0 Å². The summed E-state index contributed by atoms with van der Waals surface area (Å²) in [6.45, 7) is 0. The van der Waals surface area contributed by atoms with Crippen LogP contribution in [0.4, 0.5) is 13.2 Å². The monoisotopic (exact) mass is 463 g/mol. The van der Waals surface area contributed by atoms with Crippen LogP contribution in [0.3, 0.4) is 0 Å². The Balaban J connectivity index is 1.75. The molecule has 0 N–H and O–H groups in total. The van der Waals surface area contributed by atoms with E-state index >= 15 is 0 Å². The van der Waals surface area contributed by atoms with Gasteiger partial charge in [0.25, 0.3) is 0 Å². The van der Waals surface area contributed by atoms with Gasteiger partial charge in [0, 0.05) is 11.2 Å². The fraction of sp³-hybridized carbons (Fsp3) is 0.0556. The summed E-state index contributed by atoms with van der Waals surface area (Å²) < 4.78 is 72.9. The number of hydrogen-bond donors (Lipinski definition) is 0. The summed E-state index contributed by atoms with van der Waals surface area (Å²) in [4.78, 5) is 3.39. The lowest BCUT2D eigenvalue weighted by Gasteiger charge is -2.11. The van der Waals surface area contributed by atoms with Gasteiger partial charge in [-0.15, -0.1) is 0 Å². The minimum atomic E-state index is -4.59. The van der Waals surface area contributed by atoms with Gasteiger partial charge in [0.1, 0.15) is 21.4 Å². The highest BCUT2D eigenvalue weighted by Crippen LogP contribution is 2.34. The number of nitrogens with zero attached hydrogens (tertiary/aromatic N) is 1. The lowest BCUT2D eigenvalue weighted by Crippen LogP contribution is -2.09. The molecule has 0 saturated carbocycles. The minimum absolute atomic E-state index is 0.0791. The number of ether oxygens (including phenoxy) is 1. The molecule has 0 aliphatic rings. The van der Waals surface area contributed by atoms with Crippen molar-refractivity contribution in [3.8, 4) is 17.4 Å². The second-order valence-corrected chi connectivity index (χ2v) is 7.96. The number of hydrogen-bond acceptors (Lipinski definition) is 5. The summed E-state index contributed by atoms with van der Waals surface area (Å²) in [6, 6.07) is 11.4. The first-order valence-corrected chi connectivity index (χ1v) is 9.92. The van der Waals surface area contributed by atoms with E-state index in [0.717, 1.165) is 0 Å². The van der Waals surface area contributed by atoms with Crippen LogP contribution in [0.15, 0.2) is 65.7 Å². The van der Waals surface area contributed by atoms with E-state index in [9.17, 15) is 21.6 Å². The fourth-order valence-corrected chi connectivity index (χ4v) is 3.37. The Hall–Kier alpha value is -2.49. The molecule has 0 aliphatic carbocycles. The summed E-state index contributed by atoms with van der Waals surface area (Å²) in [5.74, 6) is -0.0623. The second-order valence-electron chi connectivity index (χ2n) is 5.57. The van der Waals surface area contributed by atoms with Crippen LogP contribution >= 0.6 is 23.2 Å². The molecule has 0 fully saturated rings. The third kappa shape index (κ3) is 5.31. The summed E-state index contributed by atoms with van der Waals surface area (Å²) in [5.41, 5.74) is -1.02. The van der Waals surface area contributed by atoms with Gasteiger partial charge in [-0.2, -0.15) is 21.6 Å². The van der Waals surface area contributed by atoms with Gasteiger partial charge in [0.15, 0.2) is 0 Å². The Labute approximate surface area is 173 Å². The molecule has 0 spiro atoms. The Morgan fingerprint density at radius 3 is 2.03 bits per heavy atom. The molecular weight excluding hydrogens is 454 g/mol. The lowest BCUT2D eigenvalue weighted by molar-refractivity contribution is -0.137. The van der Waals surface area contributed by atoms with Crippen LogP contribution in [0.1, 0.15) is 5.56 Å². The van der Waals surface area contributed by atoms with Gasteiger partial charge >= 0.3 is 16.3 Å². The van der Waals surface area contributed by atoms with Gasteiger partial charge in [-0.3, -0.25) is 0 Å². The Kier molecular flexibility index (Phi) is 5.92. The van der Waals surface area contributed by atoms with Gasteiger partial charge in [-0.1, -0.05) is 23.2 Å². The van der Waals surface area contributed by atoms with E-state index in [1.54, 1.807) is 0 Å². The van der Waals surface area contributed by atoms with Crippen molar-refractivity contribution in [2.75, 3.05) is 0 Å². The first-order chi connectivity index (χ1) is 13.5. The molecule has 0 aliphatic heterocycles. The Morgan fingerprint density at radius 2 is 1.48 bits per heavy atom. The van der Waals surface area contributed by atoms with E-state index < -0.39 is 21.9 Å². The Morgan fingerprint density at radius 1 is 0.897 bits per heavy atom. The largest absolute Gasteiger partial charge is 0.438 e. The van der Waals surface area contributed by atoms with Crippen molar-refractivity contribution in [2.45, 2.75) is 11.1 Å². The Bertz CT molecular complexity index is 1120. The van der Waals surface area contributed by atoms with E-state index in [1.807, 2.05) is 0 Å². The van der Waals surface area contributed by atoms with Gasteiger partial charge < -0.3 is 8.92 Å². The summed E-state index contributed by atoms with van der Waals surface area (Å²) in [6.07, 6.45) is -4.00. The van der Waals surface area contributed by atoms with E-state index in [4.69, 9.17) is 32.1 Å². The smallest absolute Gasteiger partial charge is 0.417 e. The molecule has 1 aromatic heterocycles. The molecule has 0 unspecified atom stereocenters. The highest BCUT2D eigenvalue weighted by molar-refractivity contribution is 7.87. The molecule has 1 heterocycles. The van der Waals surface area contributed by atoms with E-state index in [0.29, 0.717) is 17.3 Å². The molecular formula is C18H10Cl2F3NO4S. The summed E-state index contributed by atoms with van der Waals surface area (Å²) >= 11 is 11.5. The predicted molar refractivity (Wildman–Crippen MR) is 100 cm³/mol. The molecule has 0 amide bonds. The summed E-state index contributed by atoms with van der Waals surface area (Å²) in [5, 5.41) is 0.0781. The predicted octanol–water partition coefficient (Wildman–Crippen LogP) is 5.97. The van der Waals surface area contributed by atoms with Crippen LogP contribution in [-0.4, -0.2) is 13.4 Å².